The quantitative estimate of drug-likeness (QED) is 0.227. The largest absolute Gasteiger partial charge is 0.489 e. The lowest BCUT2D eigenvalue weighted by Gasteiger charge is -2.36. The molecule has 1 aliphatic heterocycles. The standard InChI is InChI=1S/C28H23BrFNO5/c1-28(2)35-26(32)25(27(33)36-28)24(21-14-31-22-9-4-3-8-19(21)22)20-13-17(29)10-11-23(20)34-15-16-6-5-7-18(30)12-16/h3-14,24-25,31H,15H2,1-2H3/t24-/m0/s1. The second-order valence-corrected chi connectivity index (χ2v) is 10.0. The summed E-state index contributed by atoms with van der Waals surface area (Å²) in [5.41, 5.74) is 2.81. The summed E-state index contributed by atoms with van der Waals surface area (Å²) in [6, 6.07) is 19.1. The first-order valence-corrected chi connectivity index (χ1v) is 12.2. The van der Waals surface area contributed by atoms with Gasteiger partial charge in [-0.3, -0.25) is 9.59 Å². The average Bonchev–Trinajstić information content (AvgIpc) is 3.24. The Labute approximate surface area is 215 Å². The van der Waals surface area contributed by atoms with E-state index in [2.05, 4.69) is 20.9 Å². The number of para-hydroxylation sites is 1. The molecule has 1 saturated heterocycles. The Bertz CT molecular complexity index is 1440. The van der Waals surface area contributed by atoms with E-state index in [1.165, 1.54) is 26.0 Å². The maximum Gasteiger partial charge on any atom is 0.324 e. The number of aromatic nitrogens is 1. The molecule has 0 bridgehead atoms. The summed E-state index contributed by atoms with van der Waals surface area (Å²) in [6.07, 6.45) is 1.78. The number of hydrogen-bond donors (Lipinski definition) is 1. The minimum absolute atomic E-state index is 0.0968. The van der Waals surface area contributed by atoms with Crippen molar-refractivity contribution in [2.75, 3.05) is 0 Å². The van der Waals surface area contributed by atoms with Crippen LogP contribution in [0.1, 0.15) is 36.5 Å². The van der Waals surface area contributed by atoms with Crippen molar-refractivity contribution in [3.63, 3.8) is 0 Å². The van der Waals surface area contributed by atoms with Gasteiger partial charge < -0.3 is 19.2 Å². The van der Waals surface area contributed by atoms with E-state index in [0.29, 0.717) is 16.9 Å². The van der Waals surface area contributed by atoms with Crippen molar-refractivity contribution in [2.45, 2.75) is 32.2 Å². The molecule has 0 amide bonds. The maximum atomic E-state index is 13.7. The van der Waals surface area contributed by atoms with Gasteiger partial charge in [0.05, 0.1) is 0 Å². The molecule has 0 spiro atoms. The van der Waals surface area contributed by atoms with Gasteiger partial charge in [0.15, 0.2) is 5.92 Å². The van der Waals surface area contributed by atoms with Crippen LogP contribution in [0.4, 0.5) is 4.39 Å². The SMILES string of the molecule is CC1(C)OC(=O)C([C@@H](c2cc(Br)ccc2OCc2cccc(F)c2)c2c[nH]c3ccccc23)C(=O)O1. The van der Waals surface area contributed by atoms with Crippen LogP contribution in [0.5, 0.6) is 5.75 Å². The zero-order valence-corrected chi connectivity index (χ0v) is 21.2. The van der Waals surface area contributed by atoms with Crippen molar-refractivity contribution in [3.8, 4) is 5.75 Å². The number of H-pyrrole nitrogens is 1. The lowest BCUT2D eigenvalue weighted by molar-refractivity contribution is -0.240. The molecule has 1 N–H and O–H groups in total. The first kappa shape index (κ1) is 24.1. The van der Waals surface area contributed by atoms with Gasteiger partial charge in [-0.1, -0.05) is 46.3 Å². The van der Waals surface area contributed by atoms with Gasteiger partial charge in [-0.15, -0.1) is 0 Å². The monoisotopic (exact) mass is 551 g/mol. The lowest BCUT2D eigenvalue weighted by Crippen LogP contribution is -2.48. The van der Waals surface area contributed by atoms with E-state index in [1.54, 1.807) is 30.5 Å². The van der Waals surface area contributed by atoms with Gasteiger partial charge in [-0.2, -0.15) is 0 Å². The highest BCUT2D eigenvalue weighted by molar-refractivity contribution is 9.10. The van der Waals surface area contributed by atoms with Crippen molar-refractivity contribution in [2.24, 2.45) is 5.92 Å². The third kappa shape index (κ3) is 4.73. The Morgan fingerprint density at radius 3 is 2.50 bits per heavy atom. The number of hydrogen-bond acceptors (Lipinski definition) is 5. The number of carbonyl (C=O) groups excluding carboxylic acids is 2. The molecule has 0 radical (unpaired) electrons. The molecule has 3 aromatic carbocycles. The number of halogens is 2. The minimum Gasteiger partial charge on any atom is -0.489 e. The van der Waals surface area contributed by atoms with E-state index in [9.17, 15) is 14.0 Å². The van der Waals surface area contributed by atoms with Crippen LogP contribution in [0.2, 0.25) is 0 Å². The van der Waals surface area contributed by atoms with E-state index in [4.69, 9.17) is 14.2 Å². The van der Waals surface area contributed by atoms with Crippen LogP contribution in [0, 0.1) is 11.7 Å². The summed E-state index contributed by atoms with van der Waals surface area (Å²) in [6.45, 7) is 3.14. The van der Waals surface area contributed by atoms with Crippen molar-refractivity contribution >= 4 is 38.8 Å². The second kappa shape index (κ2) is 9.43. The normalized spacial score (nSPS) is 16.4. The number of benzene rings is 3. The number of rotatable bonds is 6. The van der Waals surface area contributed by atoms with Gasteiger partial charge in [0.1, 0.15) is 18.2 Å². The smallest absolute Gasteiger partial charge is 0.324 e. The van der Waals surface area contributed by atoms with Crippen molar-refractivity contribution in [3.05, 3.63) is 99.9 Å². The Kier molecular flexibility index (Phi) is 6.30. The molecule has 2 heterocycles. The Morgan fingerprint density at radius 2 is 1.75 bits per heavy atom. The highest BCUT2D eigenvalue weighted by Gasteiger charge is 2.49. The molecular formula is C28H23BrFNO5. The molecular weight excluding hydrogens is 529 g/mol. The fraction of sp³-hybridized carbons (Fsp3) is 0.214. The Hall–Kier alpha value is -3.65. The van der Waals surface area contributed by atoms with E-state index >= 15 is 0 Å². The number of esters is 2. The summed E-state index contributed by atoms with van der Waals surface area (Å²) in [7, 11) is 0. The Balaban J connectivity index is 1.64. The van der Waals surface area contributed by atoms with Gasteiger partial charge in [0, 0.05) is 46.9 Å². The fourth-order valence-corrected chi connectivity index (χ4v) is 4.94. The van der Waals surface area contributed by atoms with Gasteiger partial charge in [0.2, 0.25) is 0 Å². The zero-order chi connectivity index (χ0) is 25.4. The molecule has 6 nitrogen and oxygen atoms in total. The molecule has 0 aliphatic carbocycles. The molecule has 0 saturated carbocycles. The fourth-order valence-electron chi connectivity index (χ4n) is 4.56. The summed E-state index contributed by atoms with van der Waals surface area (Å²) in [4.78, 5) is 29.7. The van der Waals surface area contributed by atoms with E-state index in [-0.39, 0.29) is 12.4 Å². The summed E-state index contributed by atoms with van der Waals surface area (Å²) in [5, 5.41) is 0.851. The minimum atomic E-state index is -1.36. The van der Waals surface area contributed by atoms with Crippen LogP contribution in [-0.2, 0) is 25.7 Å². The van der Waals surface area contributed by atoms with Crippen LogP contribution in [0.25, 0.3) is 10.9 Å². The maximum absolute atomic E-state index is 13.7. The molecule has 1 aliphatic rings. The van der Waals surface area contributed by atoms with Gasteiger partial charge in [-0.25, -0.2) is 4.39 Å². The van der Waals surface area contributed by atoms with Crippen LogP contribution in [-0.4, -0.2) is 22.7 Å². The number of aromatic amines is 1. The van der Waals surface area contributed by atoms with Crippen molar-refractivity contribution in [1.29, 1.82) is 0 Å². The predicted molar refractivity (Wildman–Crippen MR) is 135 cm³/mol. The van der Waals surface area contributed by atoms with Gasteiger partial charge in [-0.05, 0) is 47.5 Å². The highest BCUT2D eigenvalue weighted by Crippen LogP contribution is 2.44. The molecule has 8 heteroatoms. The molecule has 4 aromatic rings. The third-order valence-corrected chi connectivity index (χ3v) is 6.57. The van der Waals surface area contributed by atoms with Crippen molar-refractivity contribution in [1.82, 2.24) is 4.98 Å². The molecule has 1 atom stereocenters. The van der Waals surface area contributed by atoms with E-state index < -0.39 is 29.6 Å². The van der Waals surface area contributed by atoms with E-state index in [0.717, 1.165) is 20.9 Å². The second-order valence-electron chi connectivity index (χ2n) is 9.09. The molecule has 0 unspecified atom stereocenters. The molecule has 1 aromatic heterocycles. The molecule has 36 heavy (non-hydrogen) atoms. The summed E-state index contributed by atoms with van der Waals surface area (Å²) in [5.74, 6) is -4.67. The Morgan fingerprint density at radius 1 is 1.00 bits per heavy atom. The van der Waals surface area contributed by atoms with Crippen LogP contribution in [0.3, 0.4) is 0 Å². The van der Waals surface area contributed by atoms with Gasteiger partial charge >= 0.3 is 11.9 Å². The lowest BCUT2D eigenvalue weighted by atomic mass is 9.79. The summed E-state index contributed by atoms with van der Waals surface area (Å²) >= 11 is 3.51. The van der Waals surface area contributed by atoms with E-state index in [1.807, 2.05) is 30.3 Å². The number of cyclic esters (lactones) is 2. The van der Waals surface area contributed by atoms with Crippen LogP contribution >= 0.6 is 15.9 Å². The van der Waals surface area contributed by atoms with Gasteiger partial charge in [0.25, 0.3) is 5.79 Å². The van der Waals surface area contributed by atoms with Crippen LogP contribution < -0.4 is 4.74 Å². The molecule has 184 valence electrons. The van der Waals surface area contributed by atoms with Crippen LogP contribution in [0.15, 0.2) is 77.4 Å². The average molecular weight is 552 g/mol. The first-order valence-electron chi connectivity index (χ1n) is 11.4. The number of ether oxygens (including phenoxy) is 3. The third-order valence-electron chi connectivity index (χ3n) is 6.08. The predicted octanol–water partition coefficient (Wildman–Crippen LogP) is 6.23. The zero-order valence-electron chi connectivity index (χ0n) is 19.6. The topological polar surface area (TPSA) is 77.6 Å². The first-order chi connectivity index (χ1) is 17.2. The summed E-state index contributed by atoms with van der Waals surface area (Å²) < 4.78 is 31.6. The number of fused-ring (bicyclic) bond motifs is 1. The molecule has 1 fully saturated rings. The highest BCUT2D eigenvalue weighted by atomic mass is 79.9. The number of nitrogens with one attached hydrogen (secondary N) is 1. The molecule has 5 rings (SSSR count). The number of carbonyl (C=O) groups is 2. The van der Waals surface area contributed by atoms with Crippen molar-refractivity contribution < 1.29 is 28.2 Å².